The average molecular weight is 476 g/mol. The zero-order valence-electron chi connectivity index (χ0n) is 19.8. The molecule has 182 valence electrons. The van der Waals surface area contributed by atoms with E-state index in [2.05, 4.69) is 10.2 Å². The Labute approximate surface area is 203 Å². The fourth-order valence-corrected chi connectivity index (χ4v) is 5.23. The number of benzene rings is 2. The minimum absolute atomic E-state index is 0.176. The number of nitrogens with one attached hydrogen (secondary N) is 1. The van der Waals surface area contributed by atoms with E-state index in [9.17, 15) is 19.5 Å². The summed E-state index contributed by atoms with van der Waals surface area (Å²) in [5.74, 6) is -1.19. The van der Waals surface area contributed by atoms with Crippen molar-refractivity contribution in [1.29, 1.82) is 0 Å². The van der Waals surface area contributed by atoms with Gasteiger partial charge in [-0.05, 0) is 48.9 Å². The summed E-state index contributed by atoms with van der Waals surface area (Å²) < 4.78 is 5.69. The lowest BCUT2D eigenvalue weighted by molar-refractivity contribution is -0.133. The van der Waals surface area contributed by atoms with Gasteiger partial charge in [-0.3, -0.25) is 9.59 Å². The number of rotatable bonds is 6. The van der Waals surface area contributed by atoms with Crippen LogP contribution in [0, 0.1) is 0 Å². The molecular weight excluding hydrogens is 446 g/mol. The summed E-state index contributed by atoms with van der Waals surface area (Å²) in [6.07, 6.45) is 3.84. The second kappa shape index (κ2) is 9.54. The minimum atomic E-state index is -1.18. The molecular formula is C27H29N3O5. The Hall–Kier alpha value is -3.65. The van der Waals surface area contributed by atoms with Crippen LogP contribution < -0.4 is 15.8 Å². The van der Waals surface area contributed by atoms with Gasteiger partial charge in [-0.1, -0.05) is 30.3 Å². The topological polar surface area (TPSA) is 103 Å². The normalized spacial score (nSPS) is 15.4. The van der Waals surface area contributed by atoms with Crippen molar-refractivity contribution in [2.24, 2.45) is 0 Å². The zero-order chi connectivity index (χ0) is 24.5. The van der Waals surface area contributed by atoms with Crippen LogP contribution in [0.1, 0.15) is 39.9 Å². The highest BCUT2D eigenvalue weighted by molar-refractivity contribution is 6.00. The minimum Gasteiger partial charge on any atom is -0.422 e. The fraction of sp³-hybridized carbons (Fsp3) is 0.370. The first-order valence-electron chi connectivity index (χ1n) is 12.0. The van der Waals surface area contributed by atoms with Crippen molar-refractivity contribution in [1.82, 2.24) is 10.2 Å². The summed E-state index contributed by atoms with van der Waals surface area (Å²) in [5.41, 5.74) is 3.97. The maximum atomic E-state index is 13.0. The molecule has 0 spiro atoms. The lowest BCUT2D eigenvalue weighted by Crippen LogP contribution is -2.49. The standard InChI is InChI=1S/C27H29N3O5/c1-29(15-17-7-3-2-4-8-17)26(33)22(16-31)28-25(32)21-14-19-13-18-9-5-11-30-12-6-10-20(23(18)30)24(19)35-27(21)34/h2-4,7-8,13-14,22,31H,5-6,9-12,15-16H2,1H3,(H,28,32). The van der Waals surface area contributed by atoms with Crippen molar-refractivity contribution < 1.29 is 19.1 Å². The molecule has 0 fully saturated rings. The van der Waals surface area contributed by atoms with Gasteiger partial charge in [-0.15, -0.1) is 0 Å². The van der Waals surface area contributed by atoms with E-state index < -0.39 is 30.1 Å². The third-order valence-corrected chi connectivity index (χ3v) is 6.89. The molecule has 2 aliphatic rings. The molecule has 2 N–H and O–H groups in total. The van der Waals surface area contributed by atoms with Gasteiger partial charge in [0, 0.05) is 43.3 Å². The van der Waals surface area contributed by atoms with E-state index >= 15 is 0 Å². The van der Waals surface area contributed by atoms with Crippen molar-refractivity contribution in [3.8, 4) is 0 Å². The number of nitrogens with zero attached hydrogens (tertiary/aromatic N) is 2. The van der Waals surface area contributed by atoms with Crippen molar-refractivity contribution in [2.75, 3.05) is 31.6 Å². The summed E-state index contributed by atoms with van der Waals surface area (Å²) in [5, 5.41) is 13.0. The highest BCUT2D eigenvalue weighted by Crippen LogP contribution is 2.39. The Morgan fingerprint density at radius 1 is 1.14 bits per heavy atom. The van der Waals surface area contributed by atoms with Gasteiger partial charge >= 0.3 is 5.63 Å². The highest BCUT2D eigenvalue weighted by atomic mass is 16.4. The first-order chi connectivity index (χ1) is 17.0. The first kappa shape index (κ1) is 23.1. The molecule has 0 saturated heterocycles. The summed E-state index contributed by atoms with van der Waals surface area (Å²) in [4.78, 5) is 42.5. The van der Waals surface area contributed by atoms with Gasteiger partial charge in [0.1, 0.15) is 17.2 Å². The number of hydrogen-bond donors (Lipinski definition) is 2. The third-order valence-electron chi connectivity index (χ3n) is 6.89. The maximum Gasteiger partial charge on any atom is 0.349 e. The Kier molecular flexibility index (Phi) is 6.30. The highest BCUT2D eigenvalue weighted by Gasteiger charge is 2.29. The van der Waals surface area contributed by atoms with Crippen molar-refractivity contribution in [3.05, 3.63) is 75.1 Å². The molecule has 0 bridgehead atoms. The second-order valence-corrected chi connectivity index (χ2v) is 9.31. The summed E-state index contributed by atoms with van der Waals surface area (Å²) >= 11 is 0. The predicted molar refractivity (Wildman–Crippen MR) is 133 cm³/mol. The summed E-state index contributed by atoms with van der Waals surface area (Å²) in [6, 6.07) is 11.8. The van der Waals surface area contributed by atoms with Crippen LogP contribution in [0.15, 0.2) is 51.7 Å². The fourth-order valence-electron chi connectivity index (χ4n) is 5.23. The molecule has 1 aromatic heterocycles. The lowest BCUT2D eigenvalue weighted by Gasteiger charge is -2.37. The molecule has 8 heteroatoms. The van der Waals surface area contributed by atoms with Crippen LogP contribution in [-0.2, 0) is 24.2 Å². The van der Waals surface area contributed by atoms with Gasteiger partial charge in [-0.25, -0.2) is 4.79 Å². The molecule has 2 amide bonds. The molecule has 1 unspecified atom stereocenters. The van der Waals surface area contributed by atoms with Gasteiger partial charge < -0.3 is 24.6 Å². The van der Waals surface area contributed by atoms with E-state index in [0.29, 0.717) is 17.5 Å². The summed E-state index contributed by atoms with van der Waals surface area (Å²) in [6.45, 7) is 1.75. The van der Waals surface area contributed by atoms with Gasteiger partial charge in [0.15, 0.2) is 0 Å². The van der Waals surface area contributed by atoms with E-state index in [1.54, 1.807) is 13.1 Å². The molecule has 3 aromatic rings. The van der Waals surface area contributed by atoms with E-state index in [1.807, 2.05) is 36.4 Å². The molecule has 0 radical (unpaired) electrons. The molecule has 5 rings (SSSR count). The van der Waals surface area contributed by atoms with Crippen LogP contribution >= 0.6 is 0 Å². The van der Waals surface area contributed by atoms with Crippen molar-refractivity contribution >= 4 is 28.5 Å². The molecule has 35 heavy (non-hydrogen) atoms. The number of amides is 2. The number of anilines is 1. The second-order valence-electron chi connectivity index (χ2n) is 9.31. The molecule has 8 nitrogen and oxygen atoms in total. The Bertz CT molecular complexity index is 1330. The first-order valence-corrected chi connectivity index (χ1v) is 12.0. The predicted octanol–water partition coefficient (Wildman–Crippen LogP) is 2.24. The lowest BCUT2D eigenvalue weighted by atomic mass is 9.90. The third kappa shape index (κ3) is 4.41. The number of carbonyl (C=O) groups is 2. The average Bonchev–Trinajstić information content (AvgIpc) is 2.87. The van der Waals surface area contributed by atoms with Crippen LogP contribution in [0.2, 0.25) is 0 Å². The number of aliphatic hydroxyl groups excluding tert-OH is 1. The molecule has 2 aromatic carbocycles. The molecule has 0 saturated carbocycles. The van der Waals surface area contributed by atoms with Gasteiger partial charge in [-0.2, -0.15) is 0 Å². The Morgan fingerprint density at radius 2 is 1.89 bits per heavy atom. The molecule has 0 aliphatic carbocycles. The van der Waals surface area contributed by atoms with E-state index in [1.165, 1.54) is 16.2 Å². The summed E-state index contributed by atoms with van der Waals surface area (Å²) in [7, 11) is 1.60. The number of carbonyl (C=O) groups excluding carboxylic acids is 2. The van der Waals surface area contributed by atoms with Crippen LogP contribution in [0.4, 0.5) is 5.69 Å². The van der Waals surface area contributed by atoms with Crippen LogP contribution in [0.3, 0.4) is 0 Å². The van der Waals surface area contributed by atoms with E-state index in [4.69, 9.17) is 4.42 Å². The number of fused-ring (bicyclic) bond motifs is 2. The monoisotopic (exact) mass is 475 g/mol. The number of aliphatic hydroxyl groups is 1. The number of aryl methyl sites for hydroxylation is 2. The van der Waals surface area contributed by atoms with E-state index in [0.717, 1.165) is 49.9 Å². The van der Waals surface area contributed by atoms with Crippen molar-refractivity contribution in [2.45, 2.75) is 38.3 Å². The van der Waals surface area contributed by atoms with Crippen molar-refractivity contribution in [3.63, 3.8) is 0 Å². The maximum absolute atomic E-state index is 13.0. The van der Waals surface area contributed by atoms with Crippen LogP contribution in [0.25, 0.3) is 11.0 Å². The van der Waals surface area contributed by atoms with E-state index in [-0.39, 0.29) is 5.56 Å². The van der Waals surface area contributed by atoms with Crippen LogP contribution in [0.5, 0.6) is 0 Å². The number of hydrogen-bond acceptors (Lipinski definition) is 6. The van der Waals surface area contributed by atoms with Gasteiger partial charge in [0.05, 0.1) is 6.61 Å². The smallest absolute Gasteiger partial charge is 0.349 e. The molecule has 3 heterocycles. The Morgan fingerprint density at radius 3 is 2.63 bits per heavy atom. The zero-order valence-corrected chi connectivity index (χ0v) is 19.8. The quantitative estimate of drug-likeness (QED) is 0.530. The van der Waals surface area contributed by atoms with Gasteiger partial charge in [0.25, 0.3) is 5.91 Å². The SMILES string of the molecule is CN(Cc1ccccc1)C(=O)C(CO)NC(=O)c1cc2cc3c4c(c2oc1=O)CCCN4CCC3. The van der Waals surface area contributed by atoms with Gasteiger partial charge in [0.2, 0.25) is 5.91 Å². The van der Waals surface area contributed by atoms with Crippen LogP contribution in [-0.4, -0.2) is 54.6 Å². The largest absolute Gasteiger partial charge is 0.422 e. The number of likely N-dealkylation sites (N-methyl/N-ethyl adjacent to an activating group) is 1. The molecule has 2 aliphatic heterocycles. The molecule has 1 atom stereocenters. The Balaban J connectivity index is 1.40.